The highest BCUT2D eigenvalue weighted by atomic mass is 35.5. The molecule has 2 heteroatoms. The molecule has 1 aromatic carbocycles. The predicted molar refractivity (Wildman–Crippen MR) is 57.1 cm³/mol. The summed E-state index contributed by atoms with van der Waals surface area (Å²) in [6.07, 6.45) is 0. The Balaban J connectivity index is 0.00000121. The number of hydrogen-bond donors (Lipinski definition) is 1. The van der Waals surface area contributed by atoms with E-state index >= 15 is 0 Å². The quantitative estimate of drug-likeness (QED) is 0.618. The number of aryl methyl sites for hydroxylation is 2. The van der Waals surface area contributed by atoms with Gasteiger partial charge in [-0.2, -0.15) is 0 Å². The monoisotopic (exact) mass is 185 g/mol. The summed E-state index contributed by atoms with van der Waals surface area (Å²) in [4.78, 5) is 0. The van der Waals surface area contributed by atoms with Gasteiger partial charge in [0, 0.05) is 5.69 Å². The van der Waals surface area contributed by atoms with Gasteiger partial charge in [0.2, 0.25) is 0 Å². The molecule has 0 atom stereocenters. The lowest BCUT2D eigenvalue weighted by molar-refractivity contribution is 1.25. The van der Waals surface area contributed by atoms with Crippen molar-refractivity contribution in [2.75, 3.05) is 5.73 Å². The van der Waals surface area contributed by atoms with E-state index in [1.807, 2.05) is 0 Å². The van der Waals surface area contributed by atoms with Crippen LogP contribution in [0, 0.1) is 27.7 Å². The van der Waals surface area contributed by atoms with Gasteiger partial charge in [-0.3, -0.25) is 0 Å². The second-order valence-corrected chi connectivity index (χ2v) is 3.17. The van der Waals surface area contributed by atoms with E-state index in [0.717, 1.165) is 5.69 Å². The van der Waals surface area contributed by atoms with Gasteiger partial charge >= 0.3 is 0 Å². The van der Waals surface area contributed by atoms with Crippen LogP contribution in [-0.4, -0.2) is 0 Å². The Morgan fingerprint density at radius 1 is 0.917 bits per heavy atom. The molecule has 0 heterocycles. The lowest BCUT2D eigenvalue weighted by Crippen LogP contribution is -1.98. The summed E-state index contributed by atoms with van der Waals surface area (Å²) in [5.74, 6) is 0. The molecule has 2 N–H and O–H groups in total. The van der Waals surface area contributed by atoms with Gasteiger partial charge in [-0.15, -0.1) is 12.4 Å². The van der Waals surface area contributed by atoms with E-state index < -0.39 is 0 Å². The zero-order valence-corrected chi connectivity index (χ0v) is 8.88. The maximum absolute atomic E-state index is 5.88. The number of halogens is 1. The Morgan fingerprint density at radius 3 is 1.58 bits per heavy atom. The van der Waals surface area contributed by atoms with E-state index in [2.05, 4.69) is 33.8 Å². The van der Waals surface area contributed by atoms with E-state index in [0.29, 0.717) is 0 Å². The fourth-order valence-electron chi connectivity index (χ4n) is 1.25. The van der Waals surface area contributed by atoms with Crippen molar-refractivity contribution in [2.45, 2.75) is 27.7 Å². The molecule has 0 aromatic heterocycles. The molecule has 0 saturated heterocycles. The van der Waals surface area contributed by atoms with Gasteiger partial charge in [-0.1, -0.05) is 6.07 Å². The second kappa shape index (κ2) is 3.81. The van der Waals surface area contributed by atoms with Crippen LogP contribution in [0.1, 0.15) is 22.3 Å². The lowest BCUT2D eigenvalue weighted by atomic mass is 9.99. The first-order valence-electron chi connectivity index (χ1n) is 3.87. The van der Waals surface area contributed by atoms with Crippen LogP contribution in [0.2, 0.25) is 0 Å². The predicted octanol–water partition coefficient (Wildman–Crippen LogP) is 2.92. The Bertz CT molecular complexity index is 266. The fourth-order valence-corrected chi connectivity index (χ4v) is 1.25. The van der Waals surface area contributed by atoms with Crippen LogP contribution in [0.4, 0.5) is 5.69 Å². The van der Waals surface area contributed by atoms with Gasteiger partial charge in [0.25, 0.3) is 0 Å². The first-order valence-corrected chi connectivity index (χ1v) is 3.87. The van der Waals surface area contributed by atoms with E-state index in [1.54, 1.807) is 0 Å². The van der Waals surface area contributed by atoms with Crippen molar-refractivity contribution in [3.63, 3.8) is 0 Å². The highest BCUT2D eigenvalue weighted by Crippen LogP contribution is 2.22. The number of anilines is 1. The van der Waals surface area contributed by atoms with E-state index in [4.69, 9.17) is 5.73 Å². The van der Waals surface area contributed by atoms with Gasteiger partial charge in [-0.25, -0.2) is 0 Å². The number of benzene rings is 1. The third kappa shape index (κ3) is 1.72. The van der Waals surface area contributed by atoms with Crippen molar-refractivity contribution in [3.8, 4) is 0 Å². The maximum Gasteiger partial charge on any atom is 0.0378 e. The van der Waals surface area contributed by atoms with E-state index in [-0.39, 0.29) is 12.4 Å². The van der Waals surface area contributed by atoms with Gasteiger partial charge in [0.15, 0.2) is 0 Å². The summed E-state index contributed by atoms with van der Waals surface area (Å²) >= 11 is 0. The fraction of sp³-hybridized carbons (Fsp3) is 0.400. The van der Waals surface area contributed by atoms with Crippen molar-refractivity contribution < 1.29 is 0 Å². The summed E-state index contributed by atoms with van der Waals surface area (Å²) < 4.78 is 0. The molecule has 1 nitrogen and oxygen atoms in total. The summed E-state index contributed by atoms with van der Waals surface area (Å²) in [5, 5.41) is 0. The van der Waals surface area contributed by atoms with Crippen molar-refractivity contribution in [2.24, 2.45) is 0 Å². The molecule has 0 radical (unpaired) electrons. The molecular formula is C10H16ClN. The number of rotatable bonds is 0. The molecule has 0 spiro atoms. The van der Waals surface area contributed by atoms with Crippen LogP contribution in [0.25, 0.3) is 0 Å². The molecule has 0 fully saturated rings. The van der Waals surface area contributed by atoms with Crippen LogP contribution in [0.5, 0.6) is 0 Å². The van der Waals surface area contributed by atoms with Crippen LogP contribution < -0.4 is 5.73 Å². The van der Waals surface area contributed by atoms with E-state index in [9.17, 15) is 0 Å². The zero-order valence-electron chi connectivity index (χ0n) is 8.06. The number of nitrogens with two attached hydrogens (primary N) is 1. The standard InChI is InChI=1S/C10H15N.ClH/c1-6-5-7(2)9(4)10(11)8(6)3;/h5H,11H2,1-4H3;1H. The number of nitrogen functional groups attached to an aromatic ring is 1. The average Bonchev–Trinajstić information content (AvgIpc) is 1.97. The van der Waals surface area contributed by atoms with E-state index in [1.165, 1.54) is 22.3 Å². The summed E-state index contributed by atoms with van der Waals surface area (Å²) in [6, 6.07) is 2.18. The third-order valence-electron chi connectivity index (χ3n) is 2.42. The first-order chi connectivity index (χ1) is 5.04. The maximum atomic E-state index is 5.88. The average molecular weight is 186 g/mol. The minimum absolute atomic E-state index is 0. The first kappa shape index (κ1) is 11.3. The Kier molecular flexibility index (Phi) is 3.59. The SMILES string of the molecule is Cc1cc(C)c(C)c(N)c1C.Cl. The zero-order chi connectivity index (χ0) is 8.59. The lowest BCUT2D eigenvalue weighted by Gasteiger charge is -2.10. The molecule has 12 heavy (non-hydrogen) atoms. The highest BCUT2D eigenvalue weighted by molar-refractivity contribution is 5.85. The topological polar surface area (TPSA) is 26.0 Å². The molecular weight excluding hydrogens is 170 g/mol. The molecule has 0 amide bonds. The largest absolute Gasteiger partial charge is 0.398 e. The summed E-state index contributed by atoms with van der Waals surface area (Å²) in [6.45, 7) is 8.32. The van der Waals surface area contributed by atoms with Crippen LogP contribution in [0.15, 0.2) is 6.07 Å². The normalized spacial score (nSPS) is 9.33. The molecule has 0 aliphatic rings. The van der Waals surface area contributed by atoms with Crippen molar-refractivity contribution in [1.29, 1.82) is 0 Å². The van der Waals surface area contributed by atoms with Crippen molar-refractivity contribution >= 4 is 18.1 Å². The summed E-state index contributed by atoms with van der Waals surface area (Å²) in [7, 11) is 0. The van der Waals surface area contributed by atoms with Gasteiger partial charge in [0.1, 0.15) is 0 Å². The van der Waals surface area contributed by atoms with Gasteiger partial charge in [0.05, 0.1) is 0 Å². The van der Waals surface area contributed by atoms with Crippen LogP contribution in [-0.2, 0) is 0 Å². The van der Waals surface area contributed by atoms with Gasteiger partial charge < -0.3 is 5.73 Å². The molecule has 0 aliphatic carbocycles. The van der Waals surface area contributed by atoms with Gasteiger partial charge in [-0.05, 0) is 49.9 Å². The van der Waals surface area contributed by atoms with Crippen molar-refractivity contribution in [3.05, 3.63) is 28.3 Å². The number of hydrogen-bond acceptors (Lipinski definition) is 1. The Labute approximate surface area is 80.4 Å². The molecule has 1 aromatic rings. The summed E-state index contributed by atoms with van der Waals surface area (Å²) in [5.41, 5.74) is 11.8. The molecule has 0 bridgehead atoms. The Hall–Kier alpha value is -0.690. The molecule has 0 aliphatic heterocycles. The van der Waals surface area contributed by atoms with Crippen molar-refractivity contribution in [1.82, 2.24) is 0 Å². The minimum Gasteiger partial charge on any atom is -0.398 e. The minimum atomic E-state index is 0. The molecule has 1 rings (SSSR count). The Morgan fingerprint density at radius 2 is 1.25 bits per heavy atom. The smallest absolute Gasteiger partial charge is 0.0378 e. The molecule has 68 valence electrons. The molecule has 0 saturated carbocycles. The van der Waals surface area contributed by atoms with Crippen LogP contribution >= 0.6 is 12.4 Å². The molecule has 0 unspecified atom stereocenters. The second-order valence-electron chi connectivity index (χ2n) is 3.17. The third-order valence-corrected chi connectivity index (χ3v) is 2.42. The highest BCUT2D eigenvalue weighted by Gasteiger charge is 2.03. The van der Waals surface area contributed by atoms with Crippen LogP contribution in [0.3, 0.4) is 0 Å².